The minimum atomic E-state index is -0.600. The first-order valence-electron chi connectivity index (χ1n) is 15.7. The molecule has 1 saturated carbocycles. The van der Waals surface area contributed by atoms with Crippen LogP contribution in [0.4, 0.5) is 11.6 Å². The molecular weight excluding hydrogens is 580 g/mol. The van der Waals surface area contributed by atoms with Crippen LogP contribution in [-0.2, 0) is 19.0 Å². The van der Waals surface area contributed by atoms with E-state index in [1.54, 1.807) is 13.1 Å². The molecule has 0 amide bonds. The number of ether oxygens (including phenoxy) is 3. The fourth-order valence-corrected chi connectivity index (χ4v) is 5.75. The highest BCUT2D eigenvalue weighted by atomic mass is 35.5. The van der Waals surface area contributed by atoms with Crippen LogP contribution in [0.3, 0.4) is 0 Å². The van der Waals surface area contributed by atoms with Gasteiger partial charge in [0.2, 0.25) is 0 Å². The van der Waals surface area contributed by atoms with Crippen molar-refractivity contribution in [2.75, 3.05) is 37.0 Å². The van der Waals surface area contributed by atoms with Gasteiger partial charge in [-0.1, -0.05) is 17.7 Å². The Morgan fingerprint density at radius 1 is 1.16 bits per heavy atom. The quantitative estimate of drug-likeness (QED) is 0.242. The van der Waals surface area contributed by atoms with Crippen molar-refractivity contribution in [3.05, 3.63) is 35.5 Å². The minimum absolute atomic E-state index is 0.120. The maximum atomic E-state index is 12.2. The summed E-state index contributed by atoms with van der Waals surface area (Å²) in [5.74, 6) is 1.13. The molecule has 1 saturated heterocycles. The number of halogens is 1. The van der Waals surface area contributed by atoms with Crippen LogP contribution in [0.15, 0.2) is 30.5 Å². The van der Waals surface area contributed by atoms with Crippen LogP contribution >= 0.6 is 11.6 Å². The molecule has 1 aliphatic heterocycles. The largest absolute Gasteiger partial charge is 0.458 e. The molecule has 2 aliphatic rings. The summed E-state index contributed by atoms with van der Waals surface area (Å²) in [5, 5.41) is 20.9. The number of aromatic nitrogens is 2. The molecule has 10 nitrogen and oxygen atoms in total. The lowest BCUT2D eigenvalue weighted by molar-refractivity contribution is -0.167. The molecule has 44 heavy (non-hydrogen) atoms. The van der Waals surface area contributed by atoms with E-state index < -0.39 is 17.1 Å². The second-order valence-corrected chi connectivity index (χ2v) is 13.5. The number of esters is 1. The van der Waals surface area contributed by atoms with Gasteiger partial charge in [-0.25, -0.2) is 14.8 Å². The molecule has 3 N–H and O–H groups in total. The Morgan fingerprint density at radius 3 is 2.55 bits per heavy atom. The highest BCUT2D eigenvalue weighted by Gasteiger charge is 2.32. The zero-order chi connectivity index (χ0) is 31.7. The number of nitrogens with zero attached hydrogens (tertiary/aromatic N) is 3. The molecule has 240 valence electrons. The third-order valence-electron chi connectivity index (χ3n) is 8.11. The molecule has 0 spiro atoms. The van der Waals surface area contributed by atoms with E-state index in [4.69, 9.17) is 30.8 Å². The number of rotatable bonds is 12. The molecule has 2 aromatic heterocycles. The van der Waals surface area contributed by atoms with E-state index in [9.17, 15) is 10.1 Å². The second-order valence-electron chi connectivity index (χ2n) is 13.1. The average Bonchev–Trinajstić information content (AvgIpc) is 3.00. The van der Waals surface area contributed by atoms with Gasteiger partial charge >= 0.3 is 5.97 Å². The van der Waals surface area contributed by atoms with Crippen LogP contribution in [0, 0.1) is 16.7 Å². The maximum Gasteiger partial charge on any atom is 0.335 e. The fourth-order valence-electron chi connectivity index (χ4n) is 5.55. The third-order valence-corrected chi connectivity index (χ3v) is 8.41. The summed E-state index contributed by atoms with van der Waals surface area (Å²) in [6.45, 7) is 11.5. The first-order valence-corrected chi connectivity index (χ1v) is 16.1. The van der Waals surface area contributed by atoms with E-state index >= 15 is 0 Å². The topological polar surface area (TPSA) is 130 Å². The third kappa shape index (κ3) is 10.0. The van der Waals surface area contributed by atoms with Gasteiger partial charge in [-0.3, -0.25) is 0 Å². The lowest BCUT2D eigenvalue weighted by atomic mass is 9.82. The zero-order valence-corrected chi connectivity index (χ0v) is 27.4. The molecule has 3 heterocycles. The lowest BCUT2D eigenvalue weighted by Gasteiger charge is -2.32. The second kappa shape index (κ2) is 15.3. The summed E-state index contributed by atoms with van der Waals surface area (Å²) < 4.78 is 16.6. The van der Waals surface area contributed by atoms with Gasteiger partial charge in [-0.15, -0.1) is 0 Å². The van der Waals surface area contributed by atoms with Gasteiger partial charge in [0.1, 0.15) is 17.2 Å². The molecule has 2 atom stereocenters. The Balaban J connectivity index is 1.26. The number of anilines is 2. The molecular formula is C33H47ClN6O4. The lowest BCUT2D eigenvalue weighted by Crippen LogP contribution is -2.44. The number of hydrogen-bond acceptors (Lipinski definition) is 10. The van der Waals surface area contributed by atoms with E-state index in [0.29, 0.717) is 62.1 Å². The Labute approximate surface area is 266 Å². The van der Waals surface area contributed by atoms with Gasteiger partial charge in [0.05, 0.1) is 28.8 Å². The van der Waals surface area contributed by atoms with Crippen LogP contribution in [0.2, 0.25) is 5.02 Å². The monoisotopic (exact) mass is 626 g/mol. The van der Waals surface area contributed by atoms with Gasteiger partial charge in [-0.05, 0) is 91.3 Å². The van der Waals surface area contributed by atoms with E-state index in [0.717, 1.165) is 42.8 Å². The number of nitrogens with one attached hydrogen (secondary N) is 3. The van der Waals surface area contributed by atoms with Crippen molar-refractivity contribution in [1.29, 1.82) is 5.26 Å². The van der Waals surface area contributed by atoms with Crippen molar-refractivity contribution in [3.63, 3.8) is 0 Å². The van der Waals surface area contributed by atoms with Gasteiger partial charge in [-0.2, -0.15) is 5.26 Å². The zero-order valence-electron chi connectivity index (χ0n) is 26.6. The van der Waals surface area contributed by atoms with Crippen LogP contribution in [0.25, 0.3) is 11.3 Å². The standard InChI is InChI=1S/C33H47ClN6O4/c1-22(19-43-23(2)31(41)44-32(3,4)5)38-24-9-11-25(12-10-24)39-30-17-26(27(34)18-36-30)28-7-6-8-29(40-28)37-21-33(20-35)13-15-42-16-14-33/h6-8,17-18,22-25,38H,9-16,19,21H2,1-5H3,(H,36,39)(H,37,40)/t22-,23-,24?,25?/m1/s1. The summed E-state index contributed by atoms with van der Waals surface area (Å²) >= 11 is 6.58. The van der Waals surface area contributed by atoms with Crippen LogP contribution in [0.1, 0.15) is 73.1 Å². The molecule has 0 aromatic carbocycles. The van der Waals surface area contributed by atoms with Gasteiger partial charge in [0, 0.05) is 49.6 Å². The maximum absolute atomic E-state index is 12.2. The van der Waals surface area contributed by atoms with Crippen molar-refractivity contribution < 1.29 is 19.0 Å². The molecule has 4 rings (SSSR count). The Morgan fingerprint density at radius 2 is 1.86 bits per heavy atom. The number of carbonyl (C=O) groups excluding carboxylic acids is 1. The molecule has 0 unspecified atom stereocenters. The summed E-state index contributed by atoms with van der Waals surface area (Å²) in [6, 6.07) is 11.0. The van der Waals surface area contributed by atoms with E-state index in [1.807, 2.05) is 45.0 Å². The Kier molecular flexibility index (Phi) is 11.8. The van der Waals surface area contributed by atoms with Gasteiger partial charge in [0.15, 0.2) is 6.10 Å². The molecule has 0 radical (unpaired) electrons. The predicted octanol–water partition coefficient (Wildman–Crippen LogP) is 5.98. The predicted molar refractivity (Wildman–Crippen MR) is 173 cm³/mol. The first-order chi connectivity index (χ1) is 20.9. The highest BCUT2D eigenvalue weighted by Crippen LogP contribution is 2.32. The highest BCUT2D eigenvalue weighted by molar-refractivity contribution is 6.33. The number of nitriles is 1. The molecule has 1 aliphatic carbocycles. The summed E-state index contributed by atoms with van der Waals surface area (Å²) in [6.07, 6.45) is 6.54. The number of pyridine rings is 2. The SMILES string of the molecule is C[C@H](CO[C@H](C)C(=O)OC(C)(C)C)NC1CCC(Nc2cc(-c3cccc(NCC4(C#N)CCOCC4)n3)c(Cl)cn2)CC1. The van der Waals surface area contributed by atoms with Crippen molar-refractivity contribution in [1.82, 2.24) is 15.3 Å². The normalized spacial score (nSPS) is 21.5. The summed E-state index contributed by atoms with van der Waals surface area (Å²) in [5.41, 5.74) is 0.580. The first kappa shape index (κ1) is 33.9. The van der Waals surface area contributed by atoms with E-state index in [-0.39, 0.29) is 12.0 Å². The van der Waals surface area contributed by atoms with Crippen LogP contribution < -0.4 is 16.0 Å². The number of carbonyl (C=O) groups is 1. The van der Waals surface area contributed by atoms with Gasteiger partial charge in [0.25, 0.3) is 0 Å². The molecule has 2 fully saturated rings. The summed E-state index contributed by atoms with van der Waals surface area (Å²) in [7, 11) is 0. The smallest absolute Gasteiger partial charge is 0.335 e. The van der Waals surface area contributed by atoms with E-state index in [1.165, 1.54) is 0 Å². The van der Waals surface area contributed by atoms with E-state index in [2.05, 4.69) is 33.9 Å². The average molecular weight is 627 g/mol. The molecule has 11 heteroatoms. The molecule has 2 aromatic rings. The molecule has 0 bridgehead atoms. The van der Waals surface area contributed by atoms with Gasteiger partial charge < -0.3 is 30.2 Å². The van der Waals surface area contributed by atoms with Crippen LogP contribution in [-0.4, -0.2) is 72.1 Å². The Hall–Kier alpha value is -2.97. The number of hydrogen-bond donors (Lipinski definition) is 3. The van der Waals surface area contributed by atoms with Crippen molar-refractivity contribution >= 4 is 29.2 Å². The van der Waals surface area contributed by atoms with Crippen molar-refractivity contribution in [2.24, 2.45) is 5.41 Å². The van der Waals surface area contributed by atoms with Crippen molar-refractivity contribution in [3.8, 4) is 17.3 Å². The minimum Gasteiger partial charge on any atom is -0.458 e. The fraction of sp³-hybridized carbons (Fsp3) is 0.636. The van der Waals surface area contributed by atoms with Crippen LogP contribution in [0.5, 0.6) is 0 Å². The van der Waals surface area contributed by atoms with Crippen molar-refractivity contribution in [2.45, 2.75) is 103 Å². The summed E-state index contributed by atoms with van der Waals surface area (Å²) in [4.78, 5) is 21.5. The Bertz CT molecular complexity index is 1280.